The Bertz CT molecular complexity index is 812. The van der Waals surface area contributed by atoms with E-state index in [-0.39, 0.29) is 5.41 Å². The summed E-state index contributed by atoms with van der Waals surface area (Å²) < 4.78 is 1.98. The van der Waals surface area contributed by atoms with E-state index in [1.165, 1.54) is 5.56 Å². The van der Waals surface area contributed by atoms with Gasteiger partial charge in [-0.1, -0.05) is 69.0 Å². The van der Waals surface area contributed by atoms with E-state index in [1.807, 2.05) is 43.2 Å². The number of hydrogen-bond acceptors (Lipinski definition) is 2. The third kappa shape index (κ3) is 4.60. The Kier molecular flexibility index (Phi) is 6.18. The second-order valence-corrected chi connectivity index (χ2v) is 6.40. The Morgan fingerprint density at radius 1 is 1.20 bits per heavy atom. The molecule has 0 aliphatic heterocycles. The van der Waals surface area contributed by atoms with Crippen LogP contribution < -0.4 is 4.57 Å². The maximum absolute atomic E-state index is 4.53. The number of allylic oxidation sites excluding steroid dienone is 5. The van der Waals surface area contributed by atoms with Crippen LogP contribution in [-0.2, 0) is 12.5 Å². The molecule has 3 heteroatoms. The first-order valence-electron chi connectivity index (χ1n) is 8.34. The van der Waals surface area contributed by atoms with E-state index in [0.29, 0.717) is 0 Å². The predicted octanol–water partition coefficient (Wildman–Crippen LogP) is 4.08. The molecule has 25 heavy (non-hydrogen) atoms. The van der Waals surface area contributed by atoms with E-state index in [9.17, 15) is 0 Å². The molecule has 1 aromatic carbocycles. The van der Waals surface area contributed by atoms with Gasteiger partial charge in [0.05, 0.1) is 6.20 Å². The zero-order chi connectivity index (χ0) is 18.3. The Hall–Kier alpha value is -2.81. The zero-order valence-electron chi connectivity index (χ0n) is 15.5. The molecule has 0 atom stereocenters. The molecule has 0 saturated carbocycles. The van der Waals surface area contributed by atoms with E-state index in [0.717, 1.165) is 17.0 Å². The largest absolute Gasteiger partial charge is 0.292 e. The van der Waals surface area contributed by atoms with Gasteiger partial charge in [-0.05, 0) is 11.6 Å². The standard InChI is InChI=1S/C22H26N3/c1-6-10-18(20-17-25(5)16-15-24-20)13-14-21(23-4)22(2,3)19-11-8-7-9-12-19/h6-17H,1H2,2-5H3/q+1/b14-13+,18-10-,23-21?. The van der Waals surface area contributed by atoms with Crippen LogP contribution in [0.15, 0.2) is 84.8 Å². The van der Waals surface area contributed by atoms with Crippen molar-refractivity contribution in [1.29, 1.82) is 0 Å². The van der Waals surface area contributed by atoms with Gasteiger partial charge in [-0.25, -0.2) is 9.55 Å². The maximum Gasteiger partial charge on any atom is 0.195 e. The van der Waals surface area contributed by atoms with Crippen molar-refractivity contribution in [2.45, 2.75) is 19.3 Å². The minimum absolute atomic E-state index is 0.180. The summed E-state index contributed by atoms with van der Waals surface area (Å²) in [7, 11) is 3.82. The van der Waals surface area contributed by atoms with Gasteiger partial charge in [-0.15, -0.1) is 0 Å². The normalized spacial score (nSPS) is 13.3. The highest BCUT2D eigenvalue weighted by Crippen LogP contribution is 2.26. The summed E-state index contributed by atoms with van der Waals surface area (Å²) in [6.07, 6.45) is 13.6. The van der Waals surface area contributed by atoms with Crippen LogP contribution in [0.2, 0.25) is 0 Å². The average Bonchev–Trinajstić information content (AvgIpc) is 2.62. The predicted molar refractivity (Wildman–Crippen MR) is 106 cm³/mol. The Labute approximate surface area is 150 Å². The second kappa shape index (κ2) is 8.34. The smallest absolute Gasteiger partial charge is 0.195 e. The number of rotatable bonds is 6. The lowest BCUT2D eigenvalue weighted by molar-refractivity contribution is -0.672. The molecule has 3 nitrogen and oxygen atoms in total. The molecule has 0 aliphatic rings. The number of nitrogens with zero attached hydrogens (tertiary/aromatic N) is 3. The van der Waals surface area contributed by atoms with Crippen LogP contribution in [0.5, 0.6) is 0 Å². The van der Waals surface area contributed by atoms with E-state index in [2.05, 4.69) is 66.8 Å². The molecule has 0 saturated heterocycles. The highest BCUT2D eigenvalue weighted by molar-refractivity contribution is 6.04. The molecule has 128 valence electrons. The van der Waals surface area contributed by atoms with E-state index in [1.54, 1.807) is 12.3 Å². The lowest BCUT2D eigenvalue weighted by Crippen LogP contribution is -2.28. The molecular weight excluding hydrogens is 306 g/mol. The average molecular weight is 332 g/mol. The van der Waals surface area contributed by atoms with Crippen molar-refractivity contribution in [3.05, 3.63) is 91.1 Å². The van der Waals surface area contributed by atoms with Crippen LogP contribution in [0.3, 0.4) is 0 Å². The SMILES string of the molecule is C=C/C=C(/C=C/C(=NC)C(C)(C)c1ccccc1)c1c[n+](C)ccn1. The fraction of sp³-hybridized carbons (Fsp3) is 0.227. The van der Waals surface area contributed by atoms with Crippen LogP contribution in [0, 0.1) is 0 Å². The highest BCUT2D eigenvalue weighted by atomic mass is 14.9. The molecule has 0 spiro atoms. The molecule has 0 aliphatic carbocycles. The van der Waals surface area contributed by atoms with E-state index >= 15 is 0 Å². The van der Waals surface area contributed by atoms with Gasteiger partial charge < -0.3 is 0 Å². The fourth-order valence-corrected chi connectivity index (χ4v) is 2.72. The summed E-state index contributed by atoms with van der Waals surface area (Å²) in [6.45, 7) is 8.19. The van der Waals surface area contributed by atoms with Gasteiger partial charge >= 0.3 is 0 Å². The molecular formula is C22H26N3+. The number of aromatic nitrogens is 2. The van der Waals surface area contributed by atoms with Crippen molar-refractivity contribution >= 4 is 11.3 Å². The topological polar surface area (TPSA) is 29.1 Å². The van der Waals surface area contributed by atoms with Crippen molar-refractivity contribution in [3.63, 3.8) is 0 Å². The van der Waals surface area contributed by atoms with Crippen molar-refractivity contribution < 1.29 is 4.57 Å². The molecule has 0 unspecified atom stereocenters. The minimum Gasteiger partial charge on any atom is -0.292 e. The highest BCUT2D eigenvalue weighted by Gasteiger charge is 2.25. The molecule has 0 amide bonds. The maximum atomic E-state index is 4.53. The van der Waals surface area contributed by atoms with Crippen molar-refractivity contribution in [1.82, 2.24) is 4.98 Å². The first kappa shape index (κ1) is 18.5. The number of aliphatic imine (C=N–C) groups is 1. The Balaban J connectivity index is 2.36. The van der Waals surface area contributed by atoms with Crippen LogP contribution in [-0.4, -0.2) is 17.7 Å². The number of aryl methyl sites for hydroxylation is 1. The Morgan fingerprint density at radius 3 is 2.52 bits per heavy atom. The molecule has 0 radical (unpaired) electrons. The lowest BCUT2D eigenvalue weighted by Gasteiger charge is -2.25. The zero-order valence-corrected chi connectivity index (χ0v) is 15.5. The third-order valence-electron chi connectivity index (χ3n) is 4.23. The molecule has 2 rings (SSSR count). The van der Waals surface area contributed by atoms with Gasteiger partial charge in [0.1, 0.15) is 12.7 Å². The number of hydrogen-bond donors (Lipinski definition) is 0. The molecule has 0 fully saturated rings. The van der Waals surface area contributed by atoms with Gasteiger partial charge in [0.2, 0.25) is 0 Å². The van der Waals surface area contributed by atoms with Gasteiger partial charge in [-0.3, -0.25) is 4.99 Å². The van der Waals surface area contributed by atoms with Gasteiger partial charge in [-0.2, -0.15) is 0 Å². The van der Waals surface area contributed by atoms with Crippen molar-refractivity contribution in [3.8, 4) is 0 Å². The summed E-state index contributed by atoms with van der Waals surface area (Å²) in [6, 6.07) is 10.4. The van der Waals surface area contributed by atoms with Crippen LogP contribution in [0.25, 0.3) is 5.57 Å². The molecule has 0 bridgehead atoms. The van der Waals surface area contributed by atoms with E-state index < -0.39 is 0 Å². The first-order valence-corrected chi connectivity index (χ1v) is 8.34. The van der Waals surface area contributed by atoms with Gasteiger partial charge in [0.25, 0.3) is 0 Å². The van der Waals surface area contributed by atoms with Crippen molar-refractivity contribution in [2.75, 3.05) is 7.05 Å². The summed E-state index contributed by atoms with van der Waals surface area (Å²) in [5, 5.41) is 0. The summed E-state index contributed by atoms with van der Waals surface area (Å²) in [4.78, 5) is 8.99. The van der Waals surface area contributed by atoms with Gasteiger partial charge in [0, 0.05) is 23.7 Å². The quantitative estimate of drug-likeness (QED) is 0.445. The first-order chi connectivity index (χ1) is 12.0. The number of benzene rings is 1. The van der Waals surface area contributed by atoms with Crippen molar-refractivity contribution in [2.24, 2.45) is 12.0 Å². The van der Waals surface area contributed by atoms with Crippen LogP contribution in [0.4, 0.5) is 0 Å². The molecule has 2 aromatic rings. The van der Waals surface area contributed by atoms with Gasteiger partial charge in [0.15, 0.2) is 12.4 Å². The Morgan fingerprint density at radius 2 is 1.92 bits per heavy atom. The monoisotopic (exact) mass is 332 g/mol. The summed E-state index contributed by atoms with van der Waals surface area (Å²) >= 11 is 0. The molecule has 1 aromatic heterocycles. The fourth-order valence-electron chi connectivity index (χ4n) is 2.72. The summed E-state index contributed by atoms with van der Waals surface area (Å²) in [5.41, 5.74) is 3.96. The third-order valence-corrected chi connectivity index (χ3v) is 4.23. The second-order valence-electron chi connectivity index (χ2n) is 6.40. The minimum atomic E-state index is -0.180. The lowest BCUT2D eigenvalue weighted by atomic mass is 9.79. The molecule has 0 N–H and O–H groups in total. The van der Waals surface area contributed by atoms with Crippen LogP contribution in [0.1, 0.15) is 25.1 Å². The van der Waals surface area contributed by atoms with E-state index in [4.69, 9.17) is 0 Å². The van der Waals surface area contributed by atoms with Crippen LogP contribution >= 0.6 is 0 Å². The molecule has 1 heterocycles. The summed E-state index contributed by atoms with van der Waals surface area (Å²) in [5.74, 6) is 0.